The van der Waals surface area contributed by atoms with Crippen LogP contribution in [0, 0.1) is 0 Å². The van der Waals surface area contributed by atoms with E-state index in [2.05, 4.69) is 12.2 Å². The zero-order valence-electron chi connectivity index (χ0n) is 10.9. The highest BCUT2D eigenvalue weighted by Crippen LogP contribution is 2.07. The fourth-order valence-corrected chi connectivity index (χ4v) is 1.79. The van der Waals surface area contributed by atoms with Gasteiger partial charge in [0, 0.05) is 0 Å². The molecule has 3 nitrogen and oxygen atoms in total. The molecule has 1 unspecified atom stereocenters. The van der Waals surface area contributed by atoms with E-state index in [1.54, 1.807) is 0 Å². The summed E-state index contributed by atoms with van der Waals surface area (Å²) in [5.74, 6) is 0. The van der Waals surface area contributed by atoms with Crippen molar-refractivity contribution in [2.24, 2.45) is 5.73 Å². The molecule has 0 aliphatic heterocycles. The van der Waals surface area contributed by atoms with Crippen LogP contribution in [0.5, 0.6) is 0 Å². The van der Waals surface area contributed by atoms with Crippen LogP contribution in [0.25, 0.3) is 0 Å². The molecule has 0 radical (unpaired) electrons. The maximum atomic E-state index is 9.36. The van der Waals surface area contributed by atoms with Crippen molar-refractivity contribution in [1.82, 2.24) is 5.32 Å². The van der Waals surface area contributed by atoms with Crippen molar-refractivity contribution >= 4 is 0 Å². The second-order valence-electron chi connectivity index (χ2n) is 4.52. The number of nitrogens with two attached hydrogens (primary N) is 1. The third kappa shape index (κ3) is 12.0. The molecular formula is C13H30N2O. The van der Waals surface area contributed by atoms with Gasteiger partial charge in [-0.05, 0) is 25.9 Å². The van der Waals surface area contributed by atoms with Gasteiger partial charge in [0.05, 0.1) is 0 Å². The van der Waals surface area contributed by atoms with Crippen molar-refractivity contribution in [2.45, 2.75) is 70.9 Å². The summed E-state index contributed by atoms with van der Waals surface area (Å²) in [7, 11) is 0. The third-order valence-electron chi connectivity index (χ3n) is 2.85. The van der Waals surface area contributed by atoms with E-state index in [1.807, 2.05) is 0 Å². The van der Waals surface area contributed by atoms with Gasteiger partial charge in [0.2, 0.25) is 0 Å². The van der Waals surface area contributed by atoms with E-state index in [0.717, 1.165) is 13.0 Å². The maximum absolute atomic E-state index is 9.36. The molecule has 0 fully saturated rings. The summed E-state index contributed by atoms with van der Waals surface area (Å²) in [6, 6.07) is 0. The Bertz CT molecular complexity index is 131. The maximum Gasteiger partial charge on any atom is 0.106 e. The van der Waals surface area contributed by atoms with Gasteiger partial charge in [-0.25, -0.2) is 0 Å². The summed E-state index contributed by atoms with van der Waals surface area (Å²) in [6.07, 6.45) is 10.9. The molecule has 16 heavy (non-hydrogen) atoms. The average Bonchev–Trinajstić information content (AvgIpc) is 2.27. The lowest BCUT2D eigenvalue weighted by Crippen LogP contribution is -2.31. The summed E-state index contributed by atoms with van der Waals surface area (Å²) in [5, 5.41) is 12.4. The number of aliphatic hydroxyl groups is 1. The molecule has 0 saturated heterocycles. The highest BCUT2D eigenvalue weighted by atomic mass is 16.3. The van der Waals surface area contributed by atoms with E-state index >= 15 is 0 Å². The molecule has 0 aromatic heterocycles. The summed E-state index contributed by atoms with van der Waals surface area (Å²) in [5.41, 5.74) is 5.34. The van der Waals surface area contributed by atoms with E-state index < -0.39 is 6.23 Å². The van der Waals surface area contributed by atoms with E-state index in [0.29, 0.717) is 13.0 Å². The highest BCUT2D eigenvalue weighted by Gasteiger charge is 1.99. The molecule has 0 heterocycles. The van der Waals surface area contributed by atoms with Gasteiger partial charge in [-0.3, -0.25) is 5.32 Å². The molecule has 0 aliphatic rings. The second-order valence-corrected chi connectivity index (χ2v) is 4.52. The first kappa shape index (κ1) is 15.9. The Morgan fingerprint density at radius 1 is 1.00 bits per heavy atom. The van der Waals surface area contributed by atoms with Gasteiger partial charge in [0.1, 0.15) is 6.23 Å². The highest BCUT2D eigenvalue weighted by molar-refractivity contribution is 4.54. The lowest BCUT2D eigenvalue weighted by atomic mass is 10.1. The predicted octanol–water partition coefficient (Wildman–Crippen LogP) is 2.38. The zero-order chi connectivity index (χ0) is 12.1. The Balaban J connectivity index is 2.98. The number of hydrogen-bond donors (Lipinski definition) is 3. The van der Waals surface area contributed by atoms with Gasteiger partial charge in [0.25, 0.3) is 0 Å². The third-order valence-corrected chi connectivity index (χ3v) is 2.85. The standard InChI is InChI=1S/C13H30N2O/c1-2-3-4-5-6-7-8-9-12-15-13(16)10-11-14/h13,15-16H,2-12,14H2,1H3. The normalized spacial score (nSPS) is 12.9. The summed E-state index contributed by atoms with van der Waals surface area (Å²) in [4.78, 5) is 0. The largest absolute Gasteiger partial charge is 0.379 e. The second kappa shape index (κ2) is 12.9. The topological polar surface area (TPSA) is 58.3 Å². The molecule has 0 amide bonds. The minimum Gasteiger partial charge on any atom is -0.379 e. The van der Waals surface area contributed by atoms with E-state index in [4.69, 9.17) is 5.73 Å². The molecule has 4 N–H and O–H groups in total. The van der Waals surface area contributed by atoms with Crippen LogP contribution in [-0.2, 0) is 0 Å². The molecule has 0 saturated carbocycles. The molecule has 1 atom stereocenters. The average molecular weight is 230 g/mol. The minimum absolute atomic E-state index is 0.408. The Morgan fingerprint density at radius 2 is 1.56 bits per heavy atom. The predicted molar refractivity (Wildman–Crippen MR) is 70.3 cm³/mol. The first-order valence-corrected chi connectivity index (χ1v) is 6.92. The number of hydrogen-bond acceptors (Lipinski definition) is 3. The summed E-state index contributed by atoms with van der Waals surface area (Å²) < 4.78 is 0. The van der Waals surface area contributed by atoms with Crippen molar-refractivity contribution in [3.05, 3.63) is 0 Å². The number of rotatable bonds is 12. The van der Waals surface area contributed by atoms with Gasteiger partial charge in [-0.15, -0.1) is 0 Å². The van der Waals surface area contributed by atoms with E-state index in [9.17, 15) is 5.11 Å². The van der Waals surface area contributed by atoms with Gasteiger partial charge in [-0.2, -0.15) is 0 Å². The molecule has 98 valence electrons. The van der Waals surface area contributed by atoms with E-state index in [1.165, 1.54) is 44.9 Å². The summed E-state index contributed by atoms with van der Waals surface area (Å²) in [6.45, 7) is 3.71. The van der Waals surface area contributed by atoms with Gasteiger partial charge < -0.3 is 10.8 Å². The molecule has 0 aromatic carbocycles. The fraction of sp³-hybridized carbons (Fsp3) is 1.00. The van der Waals surface area contributed by atoms with Gasteiger partial charge in [-0.1, -0.05) is 51.9 Å². The van der Waals surface area contributed by atoms with Gasteiger partial charge >= 0.3 is 0 Å². The van der Waals surface area contributed by atoms with Crippen molar-refractivity contribution in [3.63, 3.8) is 0 Å². The molecule has 0 bridgehead atoms. The lowest BCUT2D eigenvalue weighted by molar-refractivity contribution is 0.130. The number of nitrogens with one attached hydrogen (secondary N) is 1. The monoisotopic (exact) mass is 230 g/mol. The van der Waals surface area contributed by atoms with Crippen LogP contribution in [0.4, 0.5) is 0 Å². The first-order valence-electron chi connectivity index (χ1n) is 6.92. The van der Waals surface area contributed by atoms with Crippen LogP contribution in [0.2, 0.25) is 0 Å². The van der Waals surface area contributed by atoms with Crippen molar-refractivity contribution in [3.8, 4) is 0 Å². The number of aliphatic hydroxyl groups excluding tert-OH is 1. The van der Waals surface area contributed by atoms with Crippen molar-refractivity contribution in [1.29, 1.82) is 0 Å². The zero-order valence-corrected chi connectivity index (χ0v) is 10.9. The van der Waals surface area contributed by atoms with Crippen molar-refractivity contribution < 1.29 is 5.11 Å². The van der Waals surface area contributed by atoms with Crippen molar-refractivity contribution in [2.75, 3.05) is 13.1 Å². The van der Waals surface area contributed by atoms with Crippen LogP contribution in [0.3, 0.4) is 0 Å². The minimum atomic E-state index is -0.408. The smallest absolute Gasteiger partial charge is 0.106 e. The van der Waals surface area contributed by atoms with Gasteiger partial charge in [0.15, 0.2) is 0 Å². The van der Waals surface area contributed by atoms with E-state index in [-0.39, 0.29) is 0 Å². The van der Waals surface area contributed by atoms with Crippen LogP contribution in [0.15, 0.2) is 0 Å². The summed E-state index contributed by atoms with van der Waals surface area (Å²) >= 11 is 0. The lowest BCUT2D eigenvalue weighted by Gasteiger charge is -2.11. The van der Waals surface area contributed by atoms with Crippen LogP contribution in [-0.4, -0.2) is 24.4 Å². The fourth-order valence-electron chi connectivity index (χ4n) is 1.79. The molecule has 0 spiro atoms. The Morgan fingerprint density at radius 3 is 2.12 bits per heavy atom. The quantitative estimate of drug-likeness (QED) is 0.356. The molecule has 0 aliphatic carbocycles. The molecule has 0 aromatic rings. The molecular weight excluding hydrogens is 200 g/mol. The van der Waals surface area contributed by atoms with Crippen LogP contribution in [0.1, 0.15) is 64.7 Å². The number of unbranched alkanes of at least 4 members (excludes halogenated alkanes) is 7. The van der Waals surface area contributed by atoms with Crippen LogP contribution >= 0.6 is 0 Å². The Hall–Kier alpha value is -0.120. The Labute approximate surface area is 101 Å². The molecule has 0 rings (SSSR count). The Kier molecular flexibility index (Phi) is 12.9. The molecule has 3 heteroatoms. The first-order chi connectivity index (χ1) is 7.81. The van der Waals surface area contributed by atoms with Crippen LogP contribution < -0.4 is 11.1 Å². The SMILES string of the molecule is CCCCCCCCCCNC(O)CCN.